The quantitative estimate of drug-likeness (QED) is 0.587. The Labute approximate surface area is 137 Å². The van der Waals surface area contributed by atoms with Gasteiger partial charge in [-0.15, -0.1) is 0 Å². The minimum Gasteiger partial charge on any atom is -0.465 e. The summed E-state index contributed by atoms with van der Waals surface area (Å²) in [7, 11) is 1.37. The Morgan fingerprint density at radius 3 is 3.00 bits per heavy atom. The smallest absolute Gasteiger partial charge is 0.337 e. The normalized spacial score (nSPS) is 10.4. The van der Waals surface area contributed by atoms with Crippen molar-refractivity contribution in [3.05, 3.63) is 59.2 Å². The first-order valence-electron chi connectivity index (χ1n) is 6.89. The van der Waals surface area contributed by atoms with Gasteiger partial charge in [0.25, 0.3) is 0 Å². The minimum atomic E-state index is -0.343. The number of imidazole rings is 1. The second kappa shape index (κ2) is 6.55. The maximum atomic E-state index is 11.5. The number of nitriles is 1. The zero-order valence-electron chi connectivity index (χ0n) is 12.4. The van der Waals surface area contributed by atoms with Gasteiger partial charge >= 0.3 is 5.97 Å². The number of H-pyrrole nitrogens is 1. The molecule has 0 saturated heterocycles. The van der Waals surface area contributed by atoms with Gasteiger partial charge in [-0.25, -0.2) is 9.78 Å². The molecule has 0 aliphatic heterocycles. The van der Waals surface area contributed by atoms with Crippen LogP contribution >= 0.6 is 11.8 Å². The largest absolute Gasteiger partial charge is 0.465 e. The molecule has 0 fully saturated rings. The number of nitrogens with zero attached hydrogens (tertiary/aromatic N) is 2. The van der Waals surface area contributed by atoms with Crippen molar-refractivity contribution in [2.45, 2.75) is 10.9 Å². The molecule has 5 nitrogen and oxygen atoms in total. The predicted octanol–water partition coefficient (Wildman–Crippen LogP) is 3.51. The highest BCUT2D eigenvalue weighted by Crippen LogP contribution is 2.24. The lowest BCUT2D eigenvalue weighted by atomic mass is 10.1. The average molecular weight is 323 g/mol. The van der Waals surface area contributed by atoms with Crippen molar-refractivity contribution < 1.29 is 9.53 Å². The molecule has 0 bridgehead atoms. The minimum absolute atomic E-state index is 0.343. The Morgan fingerprint density at radius 2 is 2.22 bits per heavy atom. The topological polar surface area (TPSA) is 78.8 Å². The first kappa shape index (κ1) is 15.1. The van der Waals surface area contributed by atoms with E-state index in [-0.39, 0.29) is 5.97 Å². The fourth-order valence-electron chi connectivity index (χ4n) is 2.18. The molecular weight excluding hydrogens is 310 g/mol. The van der Waals surface area contributed by atoms with Gasteiger partial charge < -0.3 is 9.72 Å². The van der Waals surface area contributed by atoms with Gasteiger partial charge in [0.15, 0.2) is 5.16 Å². The lowest BCUT2D eigenvalue weighted by Crippen LogP contribution is -2.01. The van der Waals surface area contributed by atoms with Crippen LogP contribution in [0.25, 0.3) is 11.0 Å². The van der Waals surface area contributed by atoms with Crippen LogP contribution in [0.4, 0.5) is 0 Å². The summed E-state index contributed by atoms with van der Waals surface area (Å²) < 4.78 is 4.73. The van der Waals surface area contributed by atoms with E-state index in [9.17, 15) is 4.79 Å². The maximum Gasteiger partial charge on any atom is 0.337 e. The molecule has 0 amide bonds. The van der Waals surface area contributed by atoms with E-state index in [0.717, 1.165) is 21.8 Å². The van der Waals surface area contributed by atoms with Gasteiger partial charge in [0, 0.05) is 5.75 Å². The number of hydrogen-bond acceptors (Lipinski definition) is 5. The Morgan fingerprint density at radius 1 is 1.35 bits per heavy atom. The molecule has 0 spiro atoms. The summed E-state index contributed by atoms with van der Waals surface area (Å²) in [6, 6.07) is 14.8. The number of carbonyl (C=O) groups excluding carboxylic acids is 1. The van der Waals surface area contributed by atoms with Gasteiger partial charge in [0.2, 0.25) is 0 Å². The summed E-state index contributed by atoms with van der Waals surface area (Å²) in [5, 5.41) is 9.70. The fourth-order valence-corrected chi connectivity index (χ4v) is 3.01. The Kier molecular flexibility index (Phi) is 4.31. The van der Waals surface area contributed by atoms with E-state index in [1.165, 1.54) is 18.9 Å². The second-order valence-corrected chi connectivity index (χ2v) is 5.83. The maximum absolute atomic E-state index is 11.5. The van der Waals surface area contributed by atoms with Gasteiger partial charge in [-0.05, 0) is 35.9 Å². The van der Waals surface area contributed by atoms with Crippen LogP contribution < -0.4 is 0 Å². The van der Waals surface area contributed by atoms with Crippen LogP contribution in [0.3, 0.4) is 0 Å². The number of methoxy groups -OCH3 is 1. The van der Waals surface area contributed by atoms with Crippen LogP contribution in [-0.4, -0.2) is 23.0 Å². The second-order valence-electron chi connectivity index (χ2n) is 4.87. The van der Waals surface area contributed by atoms with Crippen LogP contribution in [0.15, 0.2) is 47.6 Å². The number of nitrogens with one attached hydrogen (secondary N) is 1. The first-order chi connectivity index (χ1) is 11.2. The molecule has 3 aromatic rings. The van der Waals surface area contributed by atoms with Crippen molar-refractivity contribution >= 4 is 28.8 Å². The number of ether oxygens (including phenoxy) is 1. The summed E-state index contributed by atoms with van der Waals surface area (Å²) in [4.78, 5) is 19.2. The molecule has 0 saturated carbocycles. The molecule has 3 rings (SSSR count). The number of hydrogen-bond donors (Lipinski definition) is 1. The monoisotopic (exact) mass is 323 g/mol. The van der Waals surface area contributed by atoms with Gasteiger partial charge in [-0.3, -0.25) is 0 Å². The summed E-state index contributed by atoms with van der Waals surface area (Å²) >= 11 is 1.54. The van der Waals surface area contributed by atoms with E-state index in [0.29, 0.717) is 16.9 Å². The van der Waals surface area contributed by atoms with Crippen molar-refractivity contribution in [2.75, 3.05) is 7.11 Å². The molecule has 0 atom stereocenters. The fraction of sp³-hybridized carbons (Fsp3) is 0.118. The average Bonchev–Trinajstić information content (AvgIpc) is 3.01. The predicted molar refractivity (Wildman–Crippen MR) is 88.2 cm³/mol. The van der Waals surface area contributed by atoms with E-state index in [2.05, 4.69) is 16.0 Å². The molecular formula is C17H13N3O2S. The van der Waals surface area contributed by atoms with Crippen molar-refractivity contribution in [1.82, 2.24) is 9.97 Å². The third-order valence-electron chi connectivity index (χ3n) is 3.31. The number of aromatic amines is 1. The van der Waals surface area contributed by atoms with Crippen LogP contribution in [0, 0.1) is 11.3 Å². The molecule has 1 heterocycles. The van der Waals surface area contributed by atoms with Gasteiger partial charge in [-0.2, -0.15) is 5.26 Å². The molecule has 0 radical (unpaired) electrons. The highest BCUT2D eigenvalue weighted by Gasteiger charge is 2.08. The highest BCUT2D eigenvalue weighted by molar-refractivity contribution is 7.98. The summed E-state index contributed by atoms with van der Waals surface area (Å²) in [6.07, 6.45) is 0. The van der Waals surface area contributed by atoms with Gasteiger partial charge in [-0.1, -0.05) is 23.9 Å². The number of rotatable bonds is 4. The Balaban J connectivity index is 1.76. The third-order valence-corrected chi connectivity index (χ3v) is 4.26. The molecule has 0 unspecified atom stereocenters. The van der Waals surface area contributed by atoms with E-state index < -0.39 is 0 Å². The van der Waals surface area contributed by atoms with E-state index in [1.54, 1.807) is 18.2 Å². The molecule has 0 aliphatic carbocycles. The van der Waals surface area contributed by atoms with E-state index >= 15 is 0 Å². The number of fused-ring (bicyclic) bond motifs is 1. The van der Waals surface area contributed by atoms with Crippen molar-refractivity contribution in [3.63, 3.8) is 0 Å². The molecule has 1 N–H and O–H groups in total. The summed E-state index contributed by atoms with van der Waals surface area (Å²) in [5.74, 6) is 0.333. The molecule has 0 aliphatic rings. The number of aromatic nitrogens is 2. The van der Waals surface area contributed by atoms with E-state index in [1.807, 2.05) is 24.3 Å². The zero-order valence-corrected chi connectivity index (χ0v) is 13.2. The molecule has 2 aromatic carbocycles. The molecule has 6 heteroatoms. The Bertz CT molecular complexity index is 912. The van der Waals surface area contributed by atoms with E-state index in [4.69, 9.17) is 10.00 Å². The summed E-state index contributed by atoms with van der Waals surface area (Å²) in [6.45, 7) is 0. The lowest BCUT2D eigenvalue weighted by Gasteiger charge is -2.02. The summed E-state index contributed by atoms with van der Waals surface area (Å²) in [5.41, 5.74) is 3.82. The van der Waals surface area contributed by atoms with Crippen molar-refractivity contribution in [1.29, 1.82) is 5.26 Å². The van der Waals surface area contributed by atoms with Crippen LogP contribution in [0.1, 0.15) is 21.5 Å². The van der Waals surface area contributed by atoms with Crippen LogP contribution in [0.5, 0.6) is 0 Å². The van der Waals surface area contributed by atoms with Gasteiger partial charge in [0.1, 0.15) is 0 Å². The first-order valence-corrected chi connectivity index (χ1v) is 7.88. The molecule has 23 heavy (non-hydrogen) atoms. The van der Waals surface area contributed by atoms with Crippen LogP contribution in [0.2, 0.25) is 0 Å². The lowest BCUT2D eigenvalue weighted by molar-refractivity contribution is 0.0600. The SMILES string of the molecule is COC(=O)c1cccc(CSc2nc3ccc(C#N)cc3[nH]2)c1. The standard InChI is InChI=1S/C17H13N3O2S/c1-22-16(21)13-4-2-3-12(7-13)10-23-17-19-14-6-5-11(9-18)8-15(14)20-17/h2-8H,10H2,1H3,(H,19,20). The highest BCUT2D eigenvalue weighted by atomic mass is 32.2. The van der Waals surface area contributed by atoms with Gasteiger partial charge in [0.05, 0.1) is 35.3 Å². The number of benzene rings is 2. The number of thioether (sulfide) groups is 1. The number of esters is 1. The molecule has 1 aromatic heterocycles. The zero-order chi connectivity index (χ0) is 16.2. The van der Waals surface area contributed by atoms with Crippen LogP contribution in [-0.2, 0) is 10.5 Å². The third kappa shape index (κ3) is 3.35. The molecule has 114 valence electrons. The Hall–Kier alpha value is -2.78. The van der Waals surface area contributed by atoms with Crippen molar-refractivity contribution in [2.24, 2.45) is 0 Å². The van der Waals surface area contributed by atoms with Crippen molar-refractivity contribution in [3.8, 4) is 6.07 Å². The number of carbonyl (C=O) groups is 1.